The molecule has 1 rings (SSSR count). The van der Waals surface area contributed by atoms with E-state index in [1.165, 1.54) is 0 Å². The molecule has 1 amide bonds. The molecule has 0 aromatic heterocycles. The van der Waals surface area contributed by atoms with Crippen molar-refractivity contribution in [3.63, 3.8) is 0 Å². The monoisotopic (exact) mass is 257 g/mol. The Hall–Kier alpha value is -0.650. The molecule has 0 aliphatic carbocycles. The van der Waals surface area contributed by atoms with Crippen molar-refractivity contribution in [1.29, 1.82) is 0 Å². The number of carbonyl (C=O) groups is 1. The molecule has 1 aliphatic rings. The van der Waals surface area contributed by atoms with Crippen LogP contribution in [0.4, 0.5) is 0 Å². The summed E-state index contributed by atoms with van der Waals surface area (Å²) in [5.74, 6) is 0.0982. The third-order valence-electron chi connectivity index (χ3n) is 3.04. The van der Waals surface area contributed by atoms with Gasteiger partial charge in [0.05, 0.1) is 13.2 Å². The minimum Gasteiger partial charge on any atom is -0.378 e. The quantitative estimate of drug-likeness (QED) is 0.685. The minimum atomic E-state index is -0.126. The molecule has 0 spiro atoms. The summed E-state index contributed by atoms with van der Waals surface area (Å²) in [6, 6.07) is 0.359. The smallest absolute Gasteiger partial charge is 0.239 e. The minimum absolute atomic E-state index is 0.0982. The van der Waals surface area contributed by atoms with Crippen molar-refractivity contribution in [2.75, 3.05) is 39.4 Å². The Morgan fingerprint density at radius 1 is 1.44 bits per heavy atom. The van der Waals surface area contributed by atoms with Gasteiger partial charge in [-0.3, -0.25) is 9.69 Å². The molecule has 1 atom stereocenters. The van der Waals surface area contributed by atoms with Gasteiger partial charge in [0.1, 0.15) is 6.04 Å². The molecule has 0 aromatic rings. The molecule has 0 bridgehead atoms. The number of hydrogen-bond acceptors (Lipinski definition) is 4. The van der Waals surface area contributed by atoms with Crippen LogP contribution in [0.2, 0.25) is 0 Å². The van der Waals surface area contributed by atoms with Crippen LogP contribution in [0.15, 0.2) is 0 Å². The topological polar surface area (TPSA) is 53.6 Å². The average Bonchev–Trinajstić information content (AvgIpc) is 2.36. The summed E-state index contributed by atoms with van der Waals surface area (Å²) in [5, 5.41) is 6.33. The third kappa shape index (κ3) is 5.33. The van der Waals surface area contributed by atoms with Gasteiger partial charge in [0, 0.05) is 32.2 Å². The van der Waals surface area contributed by atoms with E-state index >= 15 is 0 Å². The van der Waals surface area contributed by atoms with E-state index in [-0.39, 0.29) is 11.9 Å². The number of rotatable bonds is 7. The SMILES string of the molecule is CCCNC(=O)C1COCCN1CCNC(C)C. The van der Waals surface area contributed by atoms with Crippen LogP contribution in [-0.2, 0) is 9.53 Å². The molecule has 1 aliphatic heterocycles. The van der Waals surface area contributed by atoms with Crippen molar-refractivity contribution in [3.05, 3.63) is 0 Å². The van der Waals surface area contributed by atoms with Crippen LogP contribution in [0.5, 0.6) is 0 Å². The van der Waals surface area contributed by atoms with Crippen LogP contribution < -0.4 is 10.6 Å². The van der Waals surface area contributed by atoms with Crippen LogP contribution in [0.1, 0.15) is 27.2 Å². The van der Waals surface area contributed by atoms with Crippen molar-refractivity contribution < 1.29 is 9.53 Å². The van der Waals surface area contributed by atoms with Crippen LogP contribution in [0, 0.1) is 0 Å². The number of nitrogens with zero attached hydrogens (tertiary/aromatic N) is 1. The van der Waals surface area contributed by atoms with Gasteiger partial charge in [-0.1, -0.05) is 20.8 Å². The first-order valence-corrected chi connectivity index (χ1v) is 6.98. The van der Waals surface area contributed by atoms with E-state index < -0.39 is 0 Å². The lowest BCUT2D eigenvalue weighted by Crippen LogP contribution is -2.55. The fraction of sp³-hybridized carbons (Fsp3) is 0.923. The van der Waals surface area contributed by atoms with Crippen molar-refractivity contribution in [2.45, 2.75) is 39.3 Å². The maximum Gasteiger partial charge on any atom is 0.239 e. The second-order valence-electron chi connectivity index (χ2n) is 5.03. The van der Waals surface area contributed by atoms with Gasteiger partial charge in [0.2, 0.25) is 5.91 Å². The van der Waals surface area contributed by atoms with E-state index in [0.717, 1.165) is 39.2 Å². The highest BCUT2D eigenvalue weighted by atomic mass is 16.5. The second kappa shape index (κ2) is 8.45. The molecule has 5 heteroatoms. The predicted molar refractivity (Wildman–Crippen MR) is 72.6 cm³/mol. The van der Waals surface area contributed by atoms with Gasteiger partial charge < -0.3 is 15.4 Å². The maximum atomic E-state index is 12.0. The predicted octanol–water partition coefficient (Wildman–Crippen LogP) is 0.211. The Labute approximate surface area is 110 Å². The highest BCUT2D eigenvalue weighted by molar-refractivity contribution is 5.81. The highest BCUT2D eigenvalue weighted by Crippen LogP contribution is 2.06. The summed E-state index contributed by atoms with van der Waals surface area (Å²) >= 11 is 0. The molecule has 0 aromatic carbocycles. The molecule has 106 valence electrons. The maximum absolute atomic E-state index is 12.0. The van der Waals surface area contributed by atoms with Crippen LogP contribution in [0.3, 0.4) is 0 Å². The lowest BCUT2D eigenvalue weighted by Gasteiger charge is -2.34. The third-order valence-corrected chi connectivity index (χ3v) is 3.04. The highest BCUT2D eigenvalue weighted by Gasteiger charge is 2.28. The zero-order chi connectivity index (χ0) is 13.4. The lowest BCUT2D eigenvalue weighted by molar-refractivity contribution is -0.132. The Morgan fingerprint density at radius 3 is 2.89 bits per heavy atom. The molecule has 0 radical (unpaired) electrons. The van der Waals surface area contributed by atoms with Gasteiger partial charge in [-0.15, -0.1) is 0 Å². The number of carbonyl (C=O) groups excluding carboxylic acids is 1. The molecule has 0 saturated carbocycles. The number of ether oxygens (including phenoxy) is 1. The Balaban J connectivity index is 2.38. The standard InChI is InChI=1S/C13H27N3O2/c1-4-5-15-13(17)12-10-18-9-8-16(12)7-6-14-11(2)3/h11-12,14H,4-10H2,1-3H3,(H,15,17). The van der Waals surface area contributed by atoms with Gasteiger partial charge in [0.25, 0.3) is 0 Å². The number of hydrogen-bond donors (Lipinski definition) is 2. The first kappa shape index (κ1) is 15.4. The summed E-state index contributed by atoms with van der Waals surface area (Å²) in [6.07, 6.45) is 0.966. The number of morpholine rings is 1. The van der Waals surface area contributed by atoms with Gasteiger partial charge in [-0.25, -0.2) is 0 Å². The molecular formula is C13H27N3O2. The summed E-state index contributed by atoms with van der Waals surface area (Å²) in [6.45, 7) is 10.9. The molecule has 2 N–H and O–H groups in total. The van der Waals surface area contributed by atoms with E-state index in [1.54, 1.807) is 0 Å². The number of nitrogens with one attached hydrogen (secondary N) is 2. The Bertz CT molecular complexity index is 246. The average molecular weight is 257 g/mol. The van der Waals surface area contributed by atoms with E-state index in [2.05, 4.69) is 36.3 Å². The van der Waals surface area contributed by atoms with Crippen molar-refractivity contribution in [3.8, 4) is 0 Å². The summed E-state index contributed by atoms with van der Waals surface area (Å²) in [7, 11) is 0. The van der Waals surface area contributed by atoms with Gasteiger partial charge in [0.15, 0.2) is 0 Å². The fourth-order valence-electron chi connectivity index (χ4n) is 2.01. The van der Waals surface area contributed by atoms with E-state index in [0.29, 0.717) is 12.6 Å². The first-order chi connectivity index (χ1) is 8.65. The molecule has 1 fully saturated rings. The van der Waals surface area contributed by atoms with Crippen molar-refractivity contribution >= 4 is 5.91 Å². The first-order valence-electron chi connectivity index (χ1n) is 6.98. The normalized spacial score (nSPS) is 21.2. The molecule has 1 saturated heterocycles. The van der Waals surface area contributed by atoms with Crippen molar-refractivity contribution in [2.24, 2.45) is 0 Å². The fourth-order valence-corrected chi connectivity index (χ4v) is 2.01. The molecule has 1 unspecified atom stereocenters. The Kier molecular flexibility index (Phi) is 7.23. The van der Waals surface area contributed by atoms with Crippen LogP contribution in [0.25, 0.3) is 0 Å². The Morgan fingerprint density at radius 2 is 2.22 bits per heavy atom. The molecular weight excluding hydrogens is 230 g/mol. The summed E-state index contributed by atoms with van der Waals surface area (Å²) in [5.41, 5.74) is 0. The van der Waals surface area contributed by atoms with E-state index in [9.17, 15) is 4.79 Å². The molecule has 18 heavy (non-hydrogen) atoms. The zero-order valence-electron chi connectivity index (χ0n) is 11.9. The van der Waals surface area contributed by atoms with E-state index in [4.69, 9.17) is 4.74 Å². The van der Waals surface area contributed by atoms with Gasteiger partial charge >= 0.3 is 0 Å². The van der Waals surface area contributed by atoms with Gasteiger partial charge in [-0.05, 0) is 6.42 Å². The van der Waals surface area contributed by atoms with Crippen LogP contribution >= 0.6 is 0 Å². The van der Waals surface area contributed by atoms with E-state index in [1.807, 2.05) is 0 Å². The lowest BCUT2D eigenvalue weighted by atomic mass is 10.2. The summed E-state index contributed by atoms with van der Waals surface area (Å²) < 4.78 is 5.42. The second-order valence-corrected chi connectivity index (χ2v) is 5.03. The largest absolute Gasteiger partial charge is 0.378 e. The van der Waals surface area contributed by atoms with Crippen LogP contribution in [-0.4, -0.2) is 62.3 Å². The summed E-state index contributed by atoms with van der Waals surface area (Å²) in [4.78, 5) is 14.2. The molecule has 5 nitrogen and oxygen atoms in total. The van der Waals surface area contributed by atoms with Gasteiger partial charge in [-0.2, -0.15) is 0 Å². The number of amides is 1. The van der Waals surface area contributed by atoms with Crippen molar-refractivity contribution in [1.82, 2.24) is 15.5 Å². The molecule has 1 heterocycles. The zero-order valence-corrected chi connectivity index (χ0v) is 11.9.